The lowest BCUT2D eigenvalue weighted by atomic mass is 10.1. The second-order valence-electron chi connectivity index (χ2n) is 4.51. The van der Waals surface area contributed by atoms with E-state index in [0.29, 0.717) is 17.4 Å². The van der Waals surface area contributed by atoms with Crippen molar-refractivity contribution in [2.75, 3.05) is 24.8 Å². The van der Waals surface area contributed by atoms with Gasteiger partial charge in [0.25, 0.3) is 0 Å². The van der Waals surface area contributed by atoms with E-state index in [1.807, 2.05) is 24.3 Å². The third-order valence-corrected chi connectivity index (χ3v) is 3.29. The normalized spacial score (nSPS) is 10.4. The summed E-state index contributed by atoms with van der Waals surface area (Å²) in [6.45, 7) is 0. The lowest BCUT2D eigenvalue weighted by Gasteiger charge is -2.14. The summed E-state index contributed by atoms with van der Waals surface area (Å²) in [4.78, 5) is 8.42. The number of rotatable bonds is 4. The van der Waals surface area contributed by atoms with E-state index in [2.05, 4.69) is 38.8 Å². The van der Waals surface area contributed by atoms with Gasteiger partial charge in [-0.25, -0.2) is 9.97 Å². The number of methoxy groups -OCH3 is 1. The molecule has 0 aliphatic heterocycles. The van der Waals surface area contributed by atoms with Gasteiger partial charge in [0.2, 0.25) is 5.75 Å². The van der Waals surface area contributed by atoms with E-state index in [1.165, 1.54) is 11.7 Å². The van der Waals surface area contributed by atoms with Crippen LogP contribution in [-0.2, 0) is 0 Å². The highest BCUT2D eigenvalue weighted by atomic mass is 16.5. The van der Waals surface area contributed by atoms with Crippen molar-refractivity contribution in [3.05, 3.63) is 48.8 Å². The Kier molecular flexibility index (Phi) is 3.55. The molecule has 1 heterocycles. The van der Waals surface area contributed by atoms with Gasteiger partial charge >= 0.3 is 0 Å². The van der Waals surface area contributed by atoms with Crippen molar-refractivity contribution in [2.24, 2.45) is 0 Å². The molecular weight excluding hydrogens is 264 g/mol. The molecule has 5 heteroatoms. The van der Waals surface area contributed by atoms with Gasteiger partial charge in [-0.15, -0.1) is 0 Å². The Labute approximate surface area is 123 Å². The largest absolute Gasteiger partial charge is 0.490 e. The fourth-order valence-electron chi connectivity index (χ4n) is 2.30. The van der Waals surface area contributed by atoms with Gasteiger partial charge in [-0.1, -0.05) is 36.4 Å². The first-order valence-electron chi connectivity index (χ1n) is 6.65. The van der Waals surface area contributed by atoms with Crippen LogP contribution < -0.4 is 15.4 Å². The zero-order valence-corrected chi connectivity index (χ0v) is 11.9. The first kappa shape index (κ1) is 13.2. The molecule has 0 atom stereocenters. The number of ether oxygens (including phenoxy) is 1. The van der Waals surface area contributed by atoms with Gasteiger partial charge in [-0.05, 0) is 11.5 Å². The van der Waals surface area contributed by atoms with Crippen molar-refractivity contribution in [3.63, 3.8) is 0 Å². The van der Waals surface area contributed by atoms with Gasteiger partial charge in [0.15, 0.2) is 11.6 Å². The average Bonchev–Trinajstić information content (AvgIpc) is 2.55. The average molecular weight is 280 g/mol. The Morgan fingerprint density at radius 3 is 2.52 bits per heavy atom. The molecule has 0 aliphatic carbocycles. The van der Waals surface area contributed by atoms with Crippen molar-refractivity contribution in [2.45, 2.75) is 0 Å². The zero-order chi connectivity index (χ0) is 14.7. The summed E-state index contributed by atoms with van der Waals surface area (Å²) in [5.41, 5.74) is 0.979. The summed E-state index contributed by atoms with van der Waals surface area (Å²) >= 11 is 0. The summed E-state index contributed by atoms with van der Waals surface area (Å²) in [5, 5.41) is 8.62. The Morgan fingerprint density at radius 2 is 1.71 bits per heavy atom. The highest BCUT2D eigenvalue weighted by molar-refractivity contribution is 5.95. The van der Waals surface area contributed by atoms with E-state index < -0.39 is 0 Å². The quantitative estimate of drug-likeness (QED) is 0.766. The van der Waals surface area contributed by atoms with Crippen LogP contribution in [0.2, 0.25) is 0 Å². The monoisotopic (exact) mass is 280 g/mol. The maximum absolute atomic E-state index is 5.40. The Bertz CT molecular complexity index is 768. The lowest BCUT2D eigenvalue weighted by Crippen LogP contribution is -2.03. The summed E-state index contributed by atoms with van der Waals surface area (Å²) in [6, 6.07) is 14.3. The van der Waals surface area contributed by atoms with Crippen LogP contribution >= 0.6 is 0 Å². The number of aromatic nitrogens is 2. The summed E-state index contributed by atoms with van der Waals surface area (Å²) < 4.78 is 5.40. The molecule has 106 valence electrons. The van der Waals surface area contributed by atoms with Crippen LogP contribution in [0, 0.1) is 0 Å². The highest BCUT2D eigenvalue weighted by Gasteiger charge is 2.12. The van der Waals surface area contributed by atoms with Gasteiger partial charge in [-0.2, -0.15) is 0 Å². The van der Waals surface area contributed by atoms with E-state index >= 15 is 0 Å². The van der Waals surface area contributed by atoms with E-state index in [1.54, 1.807) is 14.2 Å². The molecule has 0 radical (unpaired) electrons. The van der Waals surface area contributed by atoms with Gasteiger partial charge in [0, 0.05) is 18.1 Å². The second kappa shape index (κ2) is 5.66. The van der Waals surface area contributed by atoms with E-state index in [0.717, 1.165) is 11.1 Å². The molecule has 0 aliphatic rings. The van der Waals surface area contributed by atoms with Crippen molar-refractivity contribution in [1.29, 1.82) is 0 Å². The van der Waals surface area contributed by atoms with Crippen LogP contribution in [0.15, 0.2) is 48.8 Å². The van der Waals surface area contributed by atoms with Crippen molar-refractivity contribution < 1.29 is 4.74 Å². The van der Waals surface area contributed by atoms with Crippen LogP contribution in [0.25, 0.3) is 10.8 Å². The maximum Gasteiger partial charge on any atom is 0.204 e. The van der Waals surface area contributed by atoms with Crippen molar-refractivity contribution >= 4 is 28.1 Å². The predicted molar refractivity (Wildman–Crippen MR) is 85.4 cm³/mol. The molecule has 0 amide bonds. The standard InChI is InChI=1S/C16H16N4O/c1-17-15-14(21-2)16(19-10-18-15)20-13-9-5-7-11-6-3-4-8-12(11)13/h3-10H,1-2H3,(H2,17,18,19,20). The molecule has 21 heavy (non-hydrogen) atoms. The lowest BCUT2D eigenvalue weighted by molar-refractivity contribution is 0.415. The van der Waals surface area contributed by atoms with Crippen LogP contribution in [0.3, 0.4) is 0 Å². The minimum atomic E-state index is 0.591. The van der Waals surface area contributed by atoms with Gasteiger partial charge in [0.05, 0.1) is 7.11 Å². The van der Waals surface area contributed by atoms with Crippen LogP contribution in [0.5, 0.6) is 5.75 Å². The van der Waals surface area contributed by atoms with Gasteiger partial charge in [-0.3, -0.25) is 0 Å². The molecule has 0 saturated carbocycles. The SMILES string of the molecule is CNc1ncnc(Nc2cccc3ccccc23)c1OC. The van der Waals surface area contributed by atoms with E-state index in [-0.39, 0.29) is 0 Å². The minimum absolute atomic E-state index is 0.591. The molecule has 1 aromatic heterocycles. The Hall–Kier alpha value is -2.82. The van der Waals surface area contributed by atoms with E-state index in [9.17, 15) is 0 Å². The number of benzene rings is 2. The second-order valence-corrected chi connectivity index (χ2v) is 4.51. The molecule has 0 fully saturated rings. The molecule has 0 saturated heterocycles. The van der Waals surface area contributed by atoms with Gasteiger partial charge in [0.1, 0.15) is 6.33 Å². The molecule has 0 unspecified atom stereocenters. The number of hydrogen-bond donors (Lipinski definition) is 2. The minimum Gasteiger partial charge on any atom is -0.490 e. The Morgan fingerprint density at radius 1 is 0.952 bits per heavy atom. The maximum atomic E-state index is 5.40. The summed E-state index contributed by atoms with van der Waals surface area (Å²) in [6.07, 6.45) is 1.50. The molecule has 2 aromatic carbocycles. The predicted octanol–water partition coefficient (Wildman–Crippen LogP) is 3.42. The summed E-state index contributed by atoms with van der Waals surface area (Å²) in [5.74, 6) is 1.87. The first-order chi connectivity index (χ1) is 10.3. The molecule has 0 bridgehead atoms. The molecule has 2 N–H and O–H groups in total. The fraction of sp³-hybridized carbons (Fsp3) is 0.125. The third kappa shape index (κ3) is 2.45. The summed E-state index contributed by atoms with van der Waals surface area (Å²) in [7, 11) is 3.40. The van der Waals surface area contributed by atoms with E-state index in [4.69, 9.17) is 4.74 Å². The smallest absolute Gasteiger partial charge is 0.204 e. The number of anilines is 3. The zero-order valence-electron chi connectivity index (χ0n) is 11.9. The topological polar surface area (TPSA) is 59.1 Å². The fourth-order valence-corrected chi connectivity index (χ4v) is 2.30. The van der Waals surface area contributed by atoms with Crippen molar-refractivity contribution in [1.82, 2.24) is 9.97 Å². The van der Waals surface area contributed by atoms with Crippen LogP contribution in [0.1, 0.15) is 0 Å². The number of fused-ring (bicyclic) bond motifs is 1. The highest BCUT2D eigenvalue weighted by Crippen LogP contribution is 2.33. The first-order valence-corrected chi connectivity index (χ1v) is 6.65. The number of nitrogens with zero attached hydrogens (tertiary/aromatic N) is 2. The molecule has 3 aromatic rings. The molecule has 3 rings (SSSR count). The molecule has 5 nitrogen and oxygen atoms in total. The number of hydrogen-bond acceptors (Lipinski definition) is 5. The third-order valence-electron chi connectivity index (χ3n) is 3.29. The Balaban J connectivity index is 2.07. The number of nitrogens with one attached hydrogen (secondary N) is 2. The van der Waals surface area contributed by atoms with Crippen LogP contribution in [0.4, 0.5) is 17.3 Å². The van der Waals surface area contributed by atoms with Gasteiger partial charge < -0.3 is 15.4 Å². The van der Waals surface area contributed by atoms with Crippen molar-refractivity contribution in [3.8, 4) is 5.75 Å². The molecule has 0 spiro atoms. The molecular formula is C16H16N4O. The van der Waals surface area contributed by atoms with Crippen LogP contribution in [-0.4, -0.2) is 24.1 Å².